The Morgan fingerprint density at radius 3 is 2.33 bits per heavy atom. The Morgan fingerprint density at radius 1 is 1.22 bits per heavy atom. The predicted molar refractivity (Wildman–Crippen MR) is 68.7 cm³/mol. The van der Waals surface area contributed by atoms with Crippen LogP contribution in [0.15, 0.2) is 12.1 Å². The van der Waals surface area contributed by atoms with Gasteiger partial charge in [-0.1, -0.05) is 27.2 Å². The Kier molecular flexibility index (Phi) is 6.05. The molecule has 18 heavy (non-hydrogen) atoms. The maximum Gasteiger partial charge on any atom is 0.190 e. The summed E-state index contributed by atoms with van der Waals surface area (Å²) in [6, 6.07) is 2.91. The molecule has 1 aromatic carbocycles. The second-order valence-corrected chi connectivity index (χ2v) is 4.63. The average Bonchev–Trinajstić information content (AvgIpc) is 2.30. The van der Waals surface area contributed by atoms with Gasteiger partial charge in [0.15, 0.2) is 17.4 Å². The second kappa shape index (κ2) is 7.31. The molecule has 0 amide bonds. The van der Waals surface area contributed by atoms with Crippen LogP contribution in [0, 0.1) is 11.6 Å². The van der Waals surface area contributed by atoms with E-state index in [1.807, 2.05) is 20.8 Å². The van der Waals surface area contributed by atoms with E-state index in [0.717, 1.165) is 12.8 Å². The molecule has 0 fully saturated rings. The fraction of sp³-hybridized carbons (Fsp3) is 0.571. The molecule has 0 aliphatic heterocycles. The molecule has 0 unspecified atom stereocenters. The van der Waals surface area contributed by atoms with Gasteiger partial charge in [-0.05, 0) is 24.1 Å². The van der Waals surface area contributed by atoms with Gasteiger partial charge in [0.05, 0.1) is 6.61 Å². The van der Waals surface area contributed by atoms with Crippen LogP contribution in [0.2, 0.25) is 0 Å². The van der Waals surface area contributed by atoms with Crippen molar-refractivity contribution in [3.63, 3.8) is 0 Å². The highest BCUT2D eigenvalue weighted by Gasteiger charge is 2.12. The second-order valence-electron chi connectivity index (χ2n) is 4.63. The molecule has 1 rings (SSSR count). The number of hydrogen-bond acceptors (Lipinski definition) is 2. The lowest BCUT2D eigenvalue weighted by atomic mass is 10.2. The number of benzene rings is 1. The van der Waals surface area contributed by atoms with E-state index in [2.05, 4.69) is 5.32 Å². The molecule has 0 aliphatic carbocycles. The van der Waals surface area contributed by atoms with Crippen molar-refractivity contribution < 1.29 is 13.5 Å². The van der Waals surface area contributed by atoms with E-state index in [1.54, 1.807) is 0 Å². The largest absolute Gasteiger partial charge is 0.488 e. The minimum atomic E-state index is -0.633. The van der Waals surface area contributed by atoms with E-state index in [4.69, 9.17) is 4.74 Å². The topological polar surface area (TPSA) is 21.3 Å². The maximum absolute atomic E-state index is 13.7. The summed E-state index contributed by atoms with van der Waals surface area (Å²) in [5.41, 5.74) is 0.585. The van der Waals surface area contributed by atoms with Crippen LogP contribution in [0.4, 0.5) is 8.78 Å². The Hall–Kier alpha value is -1.16. The molecule has 0 aromatic heterocycles. The highest BCUT2D eigenvalue weighted by molar-refractivity contribution is 5.31. The number of nitrogens with one attached hydrogen (secondary N) is 1. The minimum Gasteiger partial charge on any atom is -0.488 e. The van der Waals surface area contributed by atoms with Crippen LogP contribution in [0.1, 0.15) is 39.2 Å². The molecular formula is C14H21F2NO. The Morgan fingerprint density at radius 2 is 1.83 bits per heavy atom. The lowest BCUT2D eigenvalue weighted by Crippen LogP contribution is -2.22. The number of hydrogen-bond donors (Lipinski definition) is 1. The van der Waals surface area contributed by atoms with Crippen molar-refractivity contribution in [1.29, 1.82) is 0 Å². The first kappa shape index (κ1) is 14.9. The Labute approximate surface area is 107 Å². The van der Waals surface area contributed by atoms with E-state index in [9.17, 15) is 8.78 Å². The molecular weight excluding hydrogens is 236 g/mol. The minimum absolute atomic E-state index is 0.267. The van der Waals surface area contributed by atoms with Crippen LogP contribution in [0.3, 0.4) is 0 Å². The van der Waals surface area contributed by atoms with E-state index in [1.165, 1.54) is 12.1 Å². The van der Waals surface area contributed by atoms with Gasteiger partial charge in [-0.3, -0.25) is 0 Å². The lowest BCUT2D eigenvalue weighted by Gasteiger charge is -2.11. The van der Waals surface area contributed by atoms with Gasteiger partial charge in [0.2, 0.25) is 0 Å². The zero-order valence-electron chi connectivity index (χ0n) is 11.2. The van der Waals surface area contributed by atoms with Crippen molar-refractivity contribution in [1.82, 2.24) is 5.32 Å². The molecule has 0 bridgehead atoms. The van der Waals surface area contributed by atoms with Gasteiger partial charge in [0.25, 0.3) is 0 Å². The third-order valence-corrected chi connectivity index (χ3v) is 2.52. The van der Waals surface area contributed by atoms with Crippen molar-refractivity contribution in [2.24, 2.45) is 0 Å². The number of rotatable bonds is 7. The Balaban J connectivity index is 2.71. The average molecular weight is 257 g/mol. The van der Waals surface area contributed by atoms with Crippen LogP contribution in [0.5, 0.6) is 5.75 Å². The fourth-order valence-electron chi connectivity index (χ4n) is 1.49. The summed E-state index contributed by atoms with van der Waals surface area (Å²) >= 11 is 0. The van der Waals surface area contributed by atoms with E-state index >= 15 is 0 Å². The highest BCUT2D eigenvalue weighted by Crippen LogP contribution is 2.23. The van der Waals surface area contributed by atoms with Gasteiger partial charge in [0.1, 0.15) is 0 Å². The van der Waals surface area contributed by atoms with Crippen LogP contribution in [0.25, 0.3) is 0 Å². The molecule has 4 heteroatoms. The van der Waals surface area contributed by atoms with Gasteiger partial charge in [0, 0.05) is 12.6 Å². The van der Waals surface area contributed by atoms with Crippen molar-refractivity contribution >= 4 is 0 Å². The zero-order chi connectivity index (χ0) is 13.5. The molecule has 1 aromatic rings. The molecule has 0 aliphatic rings. The Bertz CT molecular complexity index is 357. The molecule has 0 saturated heterocycles. The van der Waals surface area contributed by atoms with E-state index < -0.39 is 11.6 Å². The molecule has 2 nitrogen and oxygen atoms in total. The predicted octanol–water partition coefficient (Wildman–Crippen LogP) is 3.64. The normalized spacial score (nSPS) is 11.0. The highest BCUT2D eigenvalue weighted by atomic mass is 19.1. The summed E-state index contributed by atoms with van der Waals surface area (Å²) in [4.78, 5) is 0. The first-order valence-electron chi connectivity index (χ1n) is 6.38. The van der Waals surface area contributed by atoms with Crippen molar-refractivity contribution in [2.75, 3.05) is 6.61 Å². The van der Waals surface area contributed by atoms with Gasteiger partial charge in [-0.15, -0.1) is 0 Å². The van der Waals surface area contributed by atoms with Crippen LogP contribution >= 0.6 is 0 Å². The van der Waals surface area contributed by atoms with Crippen LogP contribution in [-0.2, 0) is 6.54 Å². The van der Waals surface area contributed by atoms with Gasteiger partial charge >= 0.3 is 0 Å². The molecule has 102 valence electrons. The molecule has 0 saturated carbocycles. The SMILES string of the molecule is CCCCOc1c(F)cc(CNC(C)C)cc1F. The lowest BCUT2D eigenvalue weighted by molar-refractivity contribution is 0.278. The summed E-state index contributed by atoms with van der Waals surface area (Å²) in [5, 5.41) is 3.11. The van der Waals surface area contributed by atoms with Gasteiger partial charge < -0.3 is 10.1 Å². The first-order valence-corrected chi connectivity index (χ1v) is 6.38. The fourth-order valence-corrected chi connectivity index (χ4v) is 1.49. The smallest absolute Gasteiger partial charge is 0.190 e. The van der Waals surface area contributed by atoms with Crippen molar-refractivity contribution in [3.8, 4) is 5.75 Å². The van der Waals surface area contributed by atoms with Crippen molar-refractivity contribution in [3.05, 3.63) is 29.3 Å². The number of unbranched alkanes of at least 4 members (excludes halogenated alkanes) is 1. The van der Waals surface area contributed by atoms with E-state index in [-0.39, 0.29) is 11.8 Å². The molecule has 0 heterocycles. The summed E-state index contributed by atoms with van der Waals surface area (Å²) in [6.07, 6.45) is 1.72. The van der Waals surface area contributed by atoms with Gasteiger partial charge in [-0.2, -0.15) is 0 Å². The molecule has 0 atom stereocenters. The van der Waals surface area contributed by atoms with E-state index in [0.29, 0.717) is 18.7 Å². The number of ether oxygens (including phenoxy) is 1. The van der Waals surface area contributed by atoms with Crippen LogP contribution < -0.4 is 10.1 Å². The third kappa shape index (κ3) is 4.61. The summed E-state index contributed by atoms with van der Waals surface area (Å²) in [6.45, 7) is 6.75. The zero-order valence-corrected chi connectivity index (χ0v) is 11.2. The summed E-state index contributed by atoms with van der Waals surface area (Å²) < 4.78 is 32.5. The van der Waals surface area contributed by atoms with Crippen LogP contribution in [-0.4, -0.2) is 12.6 Å². The first-order chi connectivity index (χ1) is 8.54. The molecule has 1 N–H and O–H groups in total. The third-order valence-electron chi connectivity index (χ3n) is 2.52. The summed E-state index contributed by atoms with van der Waals surface area (Å²) in [5.74, 6) is -1.53. The number of halogens is 2. The maximum atomic E-state index is 13.7. The van der Waals surface area contributed by atoms with Gasteiger partial charge in [-0.25, -0.2) is 8.78 Å². The monoisotopic (exact) mass is 257 g/mol. The van der Waals surface area contributed by atoms with Crippen molar-refractivity contribution in [2.45, 2.75) is 46.2 Å². The summed E-state index contributed by atoms with van der Waals surface area (Å²) in [7, 11) is 0. The standard InChI is InChI=1S/C14H21F2NO/c1-4-5-6-18-14-12(15)7-11(8-13(14)16)9-17-10(2)3/h7-8,10,17H,4-6,9H2,1-3H3. The molecule has 0 spiro atoms. The molecule has 0 radical (unpaired) electrons. The quantitative estimate of drug-likeness (QED) is 0.753.